The molecule has 0 bridgehead atoms. The quantitative estimate of drug-likeness (QED) is 0.852. The second kappa shape index (κ2) is 5.41. The molecular formula is C14H20O3S. The molecule has 18 heavy (non-hydrogen) atoms. The monoisotopic (exact) mass is 268 g/mol. The van der Waals surface area contributed by atoms with Crippen molar-refractivity contribution in [3.63, 3.8) is 0 Å². The minimum atomic E-state index is -0.455. The first-order chi connectivity index (χ1) is 8.52. The predicted octanol–water partition coefficient (Wildman–Crippen LogP) is 3.02. The van der Waals surface area contributed by atoms with E-state index in [2.05, 4.69) is 6.26 Å². The summed E-state index contributed by atoms with van der Waals surface area (Å²) in [4.78, 5) is 0. The van der Waals surface area contributed by atoms with E-state index in [1.165, 1.54) is 0 Å². The van der Waals surface area contributed by atoms with Gasteiger partial charge in [-0.15, -0.1) is 0 Å². The molecule has 1 heterocycles. The fourth-order valence-electron chi connectivity index (χ4n) is 2.13. The number of aliphatic hydroxyl groups is 1. The van der Waals surface area contributed by atoms with Crippen LogP contribution in [0.15, 0.2) is 18.2 Å². The molecule has 0 aliphatic carbocycles. The van der Waals surface area contributed by atoms with Crippen molar-refractivity contribution < 1.29 is 14.6 Å². The molecule has 0 radical (unpaired) electrons. The number of benzene rings is 1. The molecule has 2 rings (SSSR count). The Kier molecular flexibility index (Phi) is 4.07. The highest BCUT2D eigenvalue weighted by molar-refractivity contribution is 7.98. The zero-order valence-electron chi connectivity index (χ0n) is 11.1. The van der Waals surface area contributed by atoms with Gasteiger partial charge in [-0.1, -0.05) is 0 Å². The number of rotatable bonds is 4. The van der Waals surface area contributed by atoms with Gasteiger partial charge in [-0.05, 0) is 32.2 Å². The van der Waals surface area contributed by atoms with Crippen molar-refractivity contribution in [3.05, 3.63) is 23.8 Å². The van der Waals surface area contributed by atoms with Crippen molar-refractivity contribution >= 4 is 11.8 Å². The third-order valence-corrected chi connectivity index (χ3v) is 3.55. The first kappa shape index (κ1) is 13.6. The van der Waals surface area contributed by atoms with E-state index in [0.29, 0.717) is 13.0 Å². The molecule has 1 atom stereocenters. The number of ether oxygens (including phenoxy) is 2. The van der Waals surface area contributed by atoms with E-state index in [4.69, 9.17) is 9.47 Å². The second-order valence-electron chi connectivity index (χ2n) is 5.12. The van der Waals surface area contributed by atoms with Gasteiger partial charge in [-0.3, -0.25) is 0 Å². The Bertz CT molecular complexity index is 418. The van der Waals surface area contributed by atoms with Crippen molar-refractivity contribution in [1.29, 1.82) is 0 Å². The lowest BCUT2D eigenvalue weighted by Gasteiger charge is -2.35. The zero-order chi connectivity index (χ0) is 13.2. The van der Waals surface area contributed by atoms with Crippen LogP contribution in [0, 0.1) is 0 Å². The summed E-state index contributed by atoms with van der Waals surface area (Å²) >= 11 is 1.75. The van der Waals surface area contributed by atoms with Crippen molar-refractivity contribution in [2.24, 2.45) is 0 Å². The van der Waals surface area contributed by atoms with Gasteiger partial charge in [0.05, 0.1) is 12.7 Å². The van der Waals surface area contributed by atoms with Gasteiger partial charge in [0.2, 0.25) is 0 Å². The van der Waals surface area contributed by atoms with Gasteiger partial charge in [0.1, 0.15) is 17.1 Å². The lowest BCUT2D eigenvalue weighted by atomic mass is 9.92. The Labute approximate surface area is 112 Å². The third kappa shape index (κ3) is 3.12. The van der Waals surface area contributed by atoms with Crippen LogP contribution in [0.3, 0.4) is 0 Å². The van der Waals surface area contributed by atoms with E-state index in [1.54, 1.807) is 11.8 Å². The van der Waals surface area contributed by atoms with Crippen LogP contribution >= 0.6 is 11.8 Å². The van der Waals surface area contributed by atoms with Crippen molar-refractivity contribution in [1.82, 2.24) is 0 Å². The molecule has 0 aromatic heterocycles. The van der Waals surface area contributed by atoms with Gasteiger partial charge >= 0.3 is 0 Å². The summed E-state index contributed by atoms with van der Waals surface area (Å²) in [5.74, 6) is 2.50. The molecule has 0 fully saturated rings. The fourth-order valence-corrected chi connectivity index (χ4v) is 2.38. The van der Waals surface area contributed by atoms with Crippen LogP contribution in [-0.2, 0) is 0 Å². The zero-order valence-corrected chi connectivity index (χ0v) is 11.9. The first-order valence-corrected chi connectivity index (χ1v) is 7.54. The standard InChI is InChI=1S/C14H20O3S/c1-14(2)9-12(15)11-5-4-10(8-13(11)17-14)16-6-7-18-3/h4-5,8,12,15H,6-7,9H2,1-3H3. The van der Waals surface area contributed by atoms with E-state index in [0.717, 1.165) is 22.8 Å². The van der Waals surface area contributed by atoms with Crippen LogP contribution in [0.5, 0.6) is 11.5 Å². The molecule has 4 heteroatoms. The van der Waals surface area contributed by atoms with Crippen LogP contribution in [0.4, 0.5) is 0 Å². The van der Waals surface area contributed by atoms with Gasteiger partial charge in [-0.25, -0.2) is 0 Å². The van der Waals surface area contributed by atoms with Crippen LogP contribution in [-0.4, -0.2) is 29.3 Å². The molecule has 0 saturated carbocycles. The number of fused-ring (bicyclic) bond motifs is 1. The molecule has 1 N–H and O–H groups in total. The molecule has 0 amide bonds. The molecule has 0 spiro atoms. The predicted molar refractivity (Wildman–Crippen MR) is 74.6 cm³/mol. The largest absolute Gasteiger partial charge is 0.493 e. The summed E-state index contributed by atoms with van der Waals surface area (Å²) in [6.45, 7) is 4.66. The molecule has 0 saturated heterocycles. The van der Waals surface area contributed by atoms with Gasteiger partial charge in [0, 0.05) is 23.8 Å². The number of hydrogen-bond acceptors (Lipinski definition) is 4. The number of hydrogen-bond donors (Lipinski definition) is 1. The average Bonchev–Trinajstić information content (AvgIpc) is 2.27. The summed E-state index contributed by atoms with van der Waals surface area (Å²) in [6, 6.07) is 5.66. The Morgan fingerprint density at radius 3 is 3.00 bits per heavy atom. The lowest BCUT2D eigenvalue weighted by molar-refractivity contribution is 0.0113. The Morgan fingerprint density at radius 2 is 2.28 bits per heavy atom. The summed E-state index contributed by atoms with van der Waals surface area (Å²) in [6.07, 6.45) is 2.22. The number of thioether (sulfide) groups is 1. The summed E-state index contributed by atoms with van der Waals surface area (Å²) in [7, 11) is 0. The fraction of sp³-hybridized carbons (Fsp3) is 0.571. The van der Waals surface area contributed by atoms with E-state index in [9.17, 15) is 5.11 Å². The number of aliphatic hydroxyl groups excluding tert-OH is 1. The van der Waals surface area contributed by atoms with Gasteiger partial charge < -0.3 is 14.6 Å². The SMILES string of the molecule is CSCCOc1ccc2c(c1)OC(C)(C)CC2O. The highest BCUT2D eigenvalue weighted by Gasteiger charge is 2.32. The minimum absolute atomic E-state index is 0.329. The highest BCUT2D eigenvalue weighted by Crippen LogP contribution is 2.40. The maximum absolute atomic E-state index is 10.1. The summed E-state index contributed by atoms with van der Waals surface area (Å²) in [5, 5.41) is 10.1. The van der Waals surface area contributed by atoms with Gasteiger partial charge in [-0.2, -0.15) is 11.8 Å². The van der Waals surface area contributed by atoms with E-state index >= 15 is 0 Å². The smallest absolute Gasteiger partial charge is 0.129 e. The van der Waals surface area contributed by atoms with Crippen LogP contribution in [0.25, 0.3) is 0 Å². The molecule has 3 nitrogen and oxygen atoms in total. The van der Waals surface area contributed by atoms with Crippen LogP contribution < -0.4 is 9.47 Å². The molecule has 1 aliphatic heterocycles. The third-order valence-electron chi connectivity index (χ3n) is 2.97. The topological polar surface area (TPSA) is 38.7 Å². The minimum Gasteiger partial charge on any atom is -0.493 e. The molecule has 1 unspecified atom stereocenters. The Morgan fingerprint density at radius 1 is 1.50 bits per heavy atom. The van der Waals surface area contributed by atoms with Gasteiger partial charge in [0.15, 0.2) is 0 Å². The van der Waals surface area contributed by atoms with Crippen molar-refractivity contribution in [3.8, 4) is 11.5 Å². The summed E-state index contributed by atoms with van der Waals surface area (Å²) < 4.78 is 11.5. The Hall–Kier alpha value is -0.870. The first-order valence-electron chi connectivity index (χ1n) is 6.14. The van der Waals surface area contributed by atoms with E-state index in [-0.39, 0.29) is 5.60 Å². The maximum Gasteiger partial charge on any atom is 0.129 e. The molecule has 100 valence electrons. The molecule has 1 aliphatic rings. The Balaban J connectivity index is 2.15. The highest BCUT2D eigenvalue weighted by atomic mass is 32.2. The van der Waals surface area contributed by atoms with Crippen LogP contribution in [0.2, 0.25) is 0 Å². The van der Waals surface area contributed by atoms with Crippen molar-refractivity contribution in [2.45, 2.75) is 32.0 Å². The maximum atomic E-state index is 10.1. The molecule has 1 aromatic carbocycles. The molecular weight excluding hydrogens is 248 g/mol. The summed E-state index contributed by atoms with van der Waals surface area (Å²) in [5.41, 5.74) is 0.524. The average molecular weight is 268 g/mol. The lowest BCUT2D eigenvalue weighted by Crippen LogP contribution is -2.34. The second-order valence-corrected chi connectivity index (χ2v) is 6.11. The van der Waals surface area contributed by atoms with Gasteiger partial charge in [0.25, 0.3) is 0 Å². The van der Waals surface area contributed by atoms with Crippen LogP contribution in [0.1, 0.15) is 31.9 Å². The molecule has 1 aromatic rings. The van der Waals surface area contributed by atoms with E-state index < -0.39 is 6.10 Å². The normalized spacial score (nSPS) is 21.0. The van der Waals surface area contributed by atoms with Crippen molar-refractivity contribution in [2.75, 3.05) is 18.6 Å². The van der Waals surface area contributed by atoms with E-state index in [1.807, 2.05) is 32.0 Å².